The Morgan fingerprint density at radius 2 is 0.582 bits per heavy atom. The highest BCUT2D eigenvalue weighted by atomic mass is 31.2. The van der Waals surface area contributed by atoms with Crippen molar-refractivity contribution in [2.24, 2.45) is 11.8 Å². The molecule has 0 rings (SSSR count). The molecule has 0 aromatic rings. The lowest BCUT2D eigenvalue weighted by atomic mass is 10.0. The van der Waals surface area contributed by atoms with E-state index in [1.165, 1.54) is 103 Å². The first-order valence-corrected chi connectivity index (χ1v) is 34.5. The molecule has 0 saturated carbocycles. The van der Waals surface area contributed by atoms with Gasteiger partial charge in [0.1, 0.15) is 19.3 Å². The Kier molecular flexibility index (Phi) is 51.5. The zero-order valence-corrected chi connectivity index (χ0v) is 52.4. The molecule has 0 aliphatic heterocycles. The van der Waals surface area contributed by atoms with Crippen molar-refractivity contribution in [1.82, 2.24) is 0 Å². The van der Waals surface area contributed by atoms with Crippen LogP contribution in [0.25, 0.3) is 0 Å². The summed E-state index contributed by atoms with van der Waals surface area (Å²) in [6.07, 6.45) is 33.6. The topological polar surface area (TPSA) is 237 Å². The Bertz CT molecular complexity index is 1560. The summed E-state index contributed by atoms with van der Waals surface area (Å²) in [5.74, 6) is -0.728. The van der Waals surface area contributed by atoms with Crippen molar-refractivity contribution in [1.29, 1.82) is 0 Å². The van der Waals surface area contributed by atoms with Crippen LogP contribution >= 0.6 is 15.6 Å². The van der Waals surface area contributed by atoms with E-state index in [2.05, 4.69) is 41.5 Å². The lowest BCUT2D eigenvalue weighted by Gasteiger charge is -2.21. The summed E-state index contributed by atoms with van der Waals surface area (Å²) in [5.41, 5.74) is 0. The van der Waals surface area contributed by atoms with Gasteiger partial charge in [0.2, 0.25) is 0 Å². The first kappa shape index (κ1) is 77.1. The highest BCUT2D eigenvalue weighted by Gasteiger charge is 2.30. The smallest absolute Gasteiger partial charge is 0.462 e. The number of hydrogen-bond acceptors (Lipinski definition) is 15. The van der Waals surface area contributed by atoms with Crippen LogP contribution in [-0.2, 0) is 65.4 Å². The molecule has 0 aromatic carbocycles. The molecular formula is C60H116O17P2. The molecule has 0 aromatic heterocycles. The highest BCUT2D eigenvalue weighted by molar-refractivity contribution is 7.47. The van der Waals surface area contributed by atoms with Crippen LogP contribution in [-0.4, -0.2) is 96.7 Å². The van der Waals surface area contributed by atoms with Gasteiger partial charge in [-0.25, -0.2) is 9.13 Å². The molecule has 2 unspecified atom stereocenters. The van der Waals surface area contributed by atoms with Crippen molar-refractivity contribution in [3.63, 3.8) is 0 Å². The van der Waals surface area contributed by atoms with Crippen LogP contribution in [0.4, 0.5) is 0 Å². The molecule has 0 spiro atoms. The van der Waals surface area contributed by atoms with E-state index in [0.29, 0.717) is 31.6 Å². The monoisotopic (exact) mass is 1170 g/mol. The Balaban J connectivity index is 5.23. The van der Waals surface area contributed by atoms with E-state index in [1.807, 2.05) is 0 Å². The number of phosphoric acid groups is 2. The zero-order chi connectivity index (χ0) is 58.7. The number of phosphoric ester groups is 2. The molecule has 0 aliphatic carbocycles. The molecule has 3 N–H and O–H groups in total. The molecule has 0 radical (unpaired) electrons. The average Bonchev–Trinajstić information content (AvgIpc) is 3.40. The molecule has 0 aliphatic rings. The summed E-state index contributed by atoms with van der Waals surface area (Å²) >= 11 is 0. The molecule has 79 heavy (non-hydrogen) atoms. The maximum absolute atomic E-state index is 12.9. The molecular weight excluding hydrogens is 1050 g/mol. The maximum atomic E-state index is 12.9. The number of hydrogen-bond donors (Lipinski definition) is 3. The SMILES string of the molecule is CCCCCCCCCCCC(=O)OC[C@H](COP(=O)(O)OC[C@H](O)COP(=O)(O)OC[C@@H](COC(=O)CCCCCCCCC(C)C)OC(=O)CCCCCCCCCCCC(C)C)OC(=O)CCCCCCCCCCC. The third-order valence-electron chi connectivity index (χ3n) is 13.7. The van der Waals surface area contributed by atoms with Crippen molar-refractivity contribution in [2.75, 3.05) is 39.6 Å². The summed E-state index contributed by atoms with van der Waals surface area (Å²) in [6, 6.07) is 0. The number of aliphatic hydroxyl groups excluding tert-OH is 1. The number of unbranched alkanes of at least 4 members (excludes halogenated alkanes) is 29. The van der Waals surface area contributed by atoms with E-state index in [4.69, 9.17) is 37.0 Å². The van der Waals surface area contributed by atoms with Gasteiger partial charge in [0.25, 0.3) is 0 Å². The third kappa shape index (κ3) is 55.0. The van der Waals surface area contributed by atoms with E-state index in [-0.39, 0.29) is 25.7 Å². The normalized spacial score (nSPS) is 14.4. The van der Waals surface area contributed by atoms with Gasteiger partial charge >= 0.3 is 39.5 Å². The minimum absolute atomic E-state index is 0.104. The minimum Gasteiger partial charge on any atom is -0.462 e. The van der Waals surface area contributed by atoms with E-state index >= 15 is 0 Å². The van der Waals surface area contributed by atoms with Crippen LogP contribution in [0.5, 0.6) is 0 Å². The lowest BCUT2D eigenvalue weighted by molar-refractivity contribution is -0.161. The Morgan fingerprint density at radius 3 is 0.861 bits per heavy atom. The fraction of sp³-hybridized carbons (Fsp3) is 0.933. The molecule has 468 valence electrons. The van der Waals surface area contributed by atoms with Gasteiger partial charge in [0, 0.05) is 25.7 Å². The second kappa shape index (κ2) is 52.8. The first-order chi connectivity index (χ1) is 37.9. The molecule has 0 saturated heterocycles. The largest absolute Gasteiger partial charge is 0.472 e. The first-order valence-electron chi connectivity index (χ1n) is 31.5. The van der Waals surface area contributed by atoms with Gasteiger partial charge in [-0.05, 0) is 37.5 Å². The van der Waals surface area contributed by atoms with Crippen LogP contribution in [0, 0.1) is 11.8 Å². The summed E-state index contributed by atoms with van der Waals surface area (Å²) in [4.78, 5) is 71.9. The quantitative estimate of drug-likeness (QED) is 0.0222. The van der Waals surface area contributed by atoms with Gasteiger partial charge in [0.15, 0.2) is 12.2 Å². The second-order valence-electron chi connectivity index (χ2n) is 22.7. The molecule has 0 bridgehead atoms. The Morgan fingerprint density at radius 1 is 0.342 bits per heavy atom. The van der Waals surface area contributed by atoms with E-state index in [0.717, 1.165) is 102 Å². The summed E-state index contributed by atoms with van der Waals surface area (Å²) in [5, 5.41) is 10.5. The molecule has 5 atom stereocenters. The van der Waals surface area contributed by atoms with Crippen LogP contribution < -0.4 is 0 Å². The average molecular weight is 1170 g/mol. The summed E-state index contributed by atoms with van der Waals surface area (Å²) in [6.45, 7) is 9.32. The van der Waals surface area contributed by atoms with Gasteiger partial charge in [-0.1, -0.05) is 241 Å². The predicted octanol–water partition coefficient (Wildman–Crippen LogP) is 16.1. The maximum Gasteiger partial charge on any atom is 0.472 e. The van der Waals surface area contributed by atoms with Gasteiger partial charge in [-0.2, -0.15) is 0 Å². The van der Waals surface area contributed by atoms with Crippen molar-refractivity contribution in [2.45, 2.75) is 310 Å². The van der Waals surface area contributed by atoms with E-state index in [9.17, 15) is 43.2 Å². The highest BCUT2D eigenvalue weighted by Crippen LogP contribution is 2.45. The number of esters is 4. The van der Waals surface area contributed by atoms with Gasteiger partial charge < -0.3 is 33.8 Å². The summed E-state index contributed by atoms with van der Waals surface area (Å²) in [7, 11) is -9.87. The number of ether oxygens (including phenoxy) is 4. The van der Waals surface area contributed by atoms with Crippen molar-refractivity contribution < 1.29 is 80.2 Å². The van der Waals surface area contributed by atoms with E-state index in [1.54, 1.807) is 0 Å². The molecule has 19 heteroatoms. The van der Waals surface area contributed by atoms with Crippen LogP contribution in [0.1, 0.15) is 292 Å². The van der Waals surface area contributed by atoms with E-state index < -0.39 is 97.5 Å². The summed E-state index contributed by atoms with van der Waals surface area (Å²) < 4.78 is 67.7. The molecule has 0 heterocycles. The molecule has 0 fully saturated rings. The fourth-order valence-corrected chi connectivity index (χ4v) is 10.4. The van der Waals surface area contributed by atoms with Gasteiger partial charge in [0.05, 0.1) is 26.4 Å². The Hall–Kier alpha value is -1.94. The fourth-order valence-electron chi connectivity index (χ4n) is 8.82. The van der Waals surface area contributed by atoms with Crippen LogP contribution in [0.3, 0.4) is 0 Å². The standard InChI is InChI=1S/C60H116O17P2/c1-7-9-11-13-15-18-23-30-36-42-57(62)70-48-55(76-59(64)44-38-32-24-19-16-14-12-10-8-2)50-74-78(66,67)72-46-54(61)47-73-79(68,69)75-51-56(49-71-58(63)43-37-31-27-26-29-35-41-53(5)6)77-60(65)45-39-33-25-21-17-20-22-28-34-40-52(3)4/h52-56,61H,7-51H2,1-6H3,(H,66,67)(H,68,69)/t54-,55+,56+/m0/s1. The number of carbonyl (C=O) groups excluding carboxylic acids is 4. The number of aliphatic hydroxyl groups is 1. The van der Waals surface area contributed by atoms with Crippen molar-refractivity contribution in [3.8, 4) is 0 Å². The van der Waals surface area contributed by atoms with Crippen molar-refractivity contribution >= 4 is 39.5 Å². The lowest BCUT2D eigenvalue weighted by Crippen LogP contribution is -2.30. The predicted molar refractivity (Wildman–Crippen MR) is 312 cm³/mol. The van der Waals surface area contributed by atoms with Gasteiger partial charge in [-0.15, -0.1) is 0 Å². The molecule has 17 nitrogen and oxygen atoms in total. The second-order valence-corrected chi connectivity index (χ2v) is 25.6. The number of carbonyl (C=O) groups is 4. The number of rotatable bonds is 59. The third-order valence-corrected chi connectivity index (χ3v) is 15.6. The minimum atomic E-state index is -4.94. The van der Waals surface area contributed by atoms with Gasteiger partial charge in [-0.3, -0.25) is 37.3 Å². The van der Waals surface area contributed by atoms with Crippen LogP contribution in [0.15, 0.2) is 0 Å². The molecule has 0 amide bonds. The van der Waals surface area contributed by atoms with Crippen molar-refractivity contribution in [3.05, 3.63) is 0 Å². The zero-order valence-electron chi connectivity index (χ0n) is 50.7. The Labute approximate surface area is 479 Å². The van der Waals surface area contributed by atoms with Crippen LogP contribution in [0.2, 0.25) is 0 Å².